The van der Waals surface area contributed by atoms with E-state index in [9.17, 15) is 4.79 Å². The highest BCUT2D eigenvalue weighted by atomic mass is 32.1. The third-order valence-electron chi connectivity index (χ3n) is 4.30. The van der Waals surface area contributed by atoms with Gasteiger partial charge in [-0.2, -0.15) is 0 Å². The minimum Gasteiger partial charge on any atom is -0.379 e. The van der Waals surface area contributed by atoms with Crippen LogP contribution in [0.3, 0.4) is 0 Å². The van der Waals surface area contributed by atoms with Crippen molar-refractivity contribution in [2.45, 2.75) is 19.4 Å². The predicted octanol–water partition coefficient (Wildman–Crippen LogP) is 0.721. The van der Waals surface area contributed by atoms with Gasteiger partial charge in [-0.15, -0.1) is 5.10 Å². The normalized spacial score (nSPS) is 27.9. The highest BCUT2D eigenvalue weighted by Crippen LogP contribution is 2.27. The number of likely N-dealkylation sites (tertiary alicyclic amines) is 1. The van der Waals surface area contributed by atoms with Crippen molar-refractivity contribution >= 4 is 17.4 Å². The molecule has 1 aromatic rings. The standard InChI is InChI=1S/C13H20N4O2S/c1-2-10-8-17(13(18)12-7-14-15-20-12)9-11(10)16-3-5-19-6-4-16/h7,10-11H,2-6,8-9H2,1H3/t10-,11-/m0/s1. The van der Waals surface area contributed by atoms with Gasteiger partial charge in [-0.25, -0.2) is 0 Å². The van der Waals surface area contributed by atoms with Crippen molar-refractivity contribution in [1.29, 1.82) is 0 Å². The van der Waals surface area contributed by atoms with E-state index in [4.69, 9.17) is 4.74 Å². The first-order valence-corrected chi connectivity index (χ1v) is 7.95. The Morgan fingerprint density at radius 1 is 1.45 bits per heavy atom. The number of amides is 1. The number of rotatable bonds is 3. The smallest absolute Gasteiger partial charge is 0.267 e. The Labute approximate surface area is 122 Å². The first kappa shape index (κ1) is 13.9. The number of ether oxygens (including phenoxy) is 1. The first-order chi connectivity index (χ1) is 9.79. The summed E-state index contributed by atoms with van der Waals surface area (Å²) in [4.78, 5) is 17.5. The largest absolute Gasteiger partial charge is 0.379 e. The molecule has 6 nitrogen and oxygen atoms in total. The quantitative estimate of drug-likeness (QED) is 0.822. The van der Waals surface area contributed by atoms with Gasteiger partial charge in [-0.05, 0) is 17.5 Å². The number of hydrogen-bond acceptors (Lipinski definition) is 6. The van der Waals surface area contributed by atoms with E-state index in [2.05, 4.69) is 21.4 Å². The molecule has 20 heavy (non-hydrogen) atoms. The molecule has 2 atom stereocenters. The van der Waals surface area contributed by atoms with E-state index in [1.54, 1.807) is 6.20 Å². The van der Waals surface area contributed by atoms with Crippen LogP contribution >= 0.6 is 11.5 Å². The van der Waals surface area contributed by atoms with Gasteiger partial charge in [0.15, 0.2) is 0 Å². The van der Waals surface area contributed by atoms with E-state index in [1.807, 2.05) is 4.90 Å². The number of hydrogen-bond donors (Lipinski definition) is 0. The number of carbonyl (C=O) groups excluding carboxylic acids is 1. The average Bonchev–Trinajstić information content (AvgIpc) is 3.17. The molecule has 3 rings (SSSR count). The second-order valence-electron chi connectivity index (χ2n) is 5.38. The van der Waals surface area contributed by atoms with Crippen LogP contribution in [0.2, 0.25) is 0 Å². The number of aromatic nitrogens is 2. The molecule has 0 unspecified atom stereocenters. The molecule has 0 aliphatic carbocycles. The summed E-state index contributed by atoms with van der Waals surface area (Å²) in [7, 11) is 0. The lowest BCUT2D eigenvalue weighted by Crippen LogP contribution is -2.47. The van der Waals surface area contributed by atoms with Crippen molar-refractivity contribution in [3.05, 3.63) is 11.1 Å². The summed E-state index contributed by atoms with van der Waals surface area (Å²) in [5, 5.41) is 3.76. The maximum atomic E-state index is 12.4. The topological polar surface area (TPSA) is 58.6 Å². The van der Waals surface area contributed by atoms with Gasteiger partial charge in [0, 0.05) is 32.2 Å². The number of nitrogens with zero attached hydrogens (tertiary/aromatic N) is 4. The molecule has 110 valence electrons. The fraction of sp³-hybridized carbons (Fsp3) is 0.769. The molecule has 0 bridgehead atoms. The Kier molecular flexibility index (Phi) is 4.28. The lowest BCUT2D eigenvalue weighted by molar-refractivity contribution is 0.0103. The van der Waals surface area contributed by atoms with Crippen LogP contribution in [-0.4, -0.2) is 70.7 Å². The summed E-state index contributed by atoms with van der Waals surface area (Å²) in [6.45, 7) is 7.43. The summed E-state index contributed by atoms with van der Waals surface area (Å²) in [6, 6.07) is 0.466. The van der Waals surface area contributed by atoms with Gasteiger partial charge in [0.25, 0.3) is 5.91 Å². The van der Waals surface area contributed by atoms with Gasteiger partial charge in [0.05, 0.1) is 19.4 Å². The van der Waals surface area contributed by atoms with Crippen LogP contribution < -0.4 is 0 Å². The molecular formula is C13H20N4O2S. The molecule has 2 fully saturated rings. The minimum atomic E-state index is 0.0780. The molecule has 0 radical (unpaired) electrons. The van der Waals surface area contributed by atoms with E-state index < -0.39 is 0 Å². The van der Waals surface area contributed by atoms with E-state index in [1.165, 1.54) is 11.5 Å². The zero-order valence-electron chi connectivity index (χ0n) is 11.7. The van der Waals surface area contributed by atoms with Gasteiger partial charge in [-0.1, -0.05) is 17.8 Å². The molecule has 7 heteroatoms. The zero-order chi connectivity index (χ0) is 13.9. The van der Waals surface area contributed by atoms with Crippen molar-refractivity contribution in [2.24, 2.45) is 5.92 Å². The van der Waals surface area contributed by atoms with Crippen LogP contribution in [0, 0.1) is 5.92 Å². The van der Waals surface area contributed by atoms with Crippen molar-refractivity contribution < 1.29 is 9.53 Å². The van der Waals surface area contributed by atoms with Crippen LogP contribution in [0.15, 0.2) is 6.20 Å². The third kappa shape index (κ3) is 2.70. The maximum absolute atomic E-state index is 12.4. The second kappa shape index (κ2) is 6.15. The molecule has 0 saturated carbocycles. The Morgan fingerprint density at radius 3 is 2.90 bits per heavy atom. The molecule has 2 saturated heterocycles. The van der Waals surface area contributed by atoms with Crippen LogP contribution in [-0.2, 0) is 4.74 Å². The monoisotopic (exact) mass is 296 g/mol. The van der Waals surface area contributed by atoms with Crippen LogP contribution in [0.1, 0.15) is 23.0 Å². The average molecular weight is 296 g/mol. The molecule has 2 aliphatic rings. The predicted molar refractivity (Wildman–Crippen MR) is 75.8 cm³/mol. The van der Waals surface area contributed by atoms with Crippen molar-refractivity contribution in [3.63, 3.8) is 0 Å². The number of carbonyl (C=O) groups is 1. The van der Waals surface area contributed by atoms with Crippen LogP contribution in [0.25, 0.3) is 0 Å². The van der Waals surface area contributed by atoms with Crippen molar-refractivity contribution in [2.75, 3.05) is 39.4 Å². The maximum Gasteiger partial charge on any atom is 0.267 e. The van der Waals surface area contributed by atoms with Crippen LogP contribution in [0.4, 0.5) is 0 Å². The van der Waals surface area contributed by atoms with E-state index >= 15 is 0 Å². The Bertz CT molecular complexity index is 447. The highest BCUT2D eigenvalue weighted by molar-refractivity contribution is 7.07. The van der Waals surface area contributed by atoms with Gasteiger partial charge >= 0.3 is 0 Å². The molecule has 1 amide bonds. The summed E-state index contributed by atoms with van der Waals surface area (Å²) >= 11 is 1.18. The van der Waals surface area contributed by atoms with Gasteiger partial charge < -0.3 is 9.64 Å². The van der Waals surface area contributed by atoms with Gasteiger partial charge in [0.1, 0.15) is 4.88 Å². The minimum absolute atomic E-state index is 0.0780. The van der Waals surface area contributed by atoms with E-state index in [-0.39, 0.29) is 5.91 Å². The Hall–Kier alpha value is -1.05. The molecular weight excluding hydrogens is 276 g/mol. The molecule has 2 aliphatic heterocycles. The summed E-state index contributed by atoms with van der Waals surface area (Å²) in [6.07, 6.45) is 2.67. The Balaban J connectivity index is 1.69. The molecule has 0 N–H and O–H groups in total. The fourth-order valence-corrected chi connectivity index (χ4v) is 3.64. The number of morpholine rings is 1. The molecule has 3 heterocycles. The van der Waals surface area contributed by atoms with E-state index in [0.29, 0.717) is 16.8 Å². The molecule has 0 aromatic carbocycles. The third-order valence-corrected chi connectivity index (χ3v) is 4.96. The summed E-state index contributed by atoms with van der Waals surface area (Å²) in [5.41, 5.74) is 0. The molecule has 1 aromatic heterocycles. The van der Waals surface area contributed by atoms with Gasteiger partial charge in [0.2, 0.25) is 0 Å². The first-order valence-electron chi connectivity index (χ1n) is 7.18. The van der Waals surface area contributed by atoms with Crippen molar-refractivity contribution in [1.82, 2.24) is 19.4 Å². The summed E-state index contributed by atoms with van der Waals surface area (Å²) in [5.74, 6) is 0.632. The molecule has 0 spiro atoms. The fourth-order valence-electron chi connectivity index (χ4n) is 3.16. The summed E-state index contributed by atoms with van der Waals surface area (Å²) < 4.78 is 9.20. The van der Waals surface area contributed by atoms with Crippen LogP contribution in [0.5, 0.6) is 0 Å². The lowest BCUT2D eigenvalue weighted by Gasteiger charge is -2.34. The lowest BCUT2D eigenvalue weighted by atomic mass is 9.99. The van der Waals surface area contributed by atoms with Crippen molar-refractivity contribution in [3.8, 4) is 0 Å². The highest BCUT2D eigenvalue weighted by Gasteiger charge is 2.38. The van der Waals surface area contributed by atoms with Gasteiger partial charge in [-0.3, -0.25) is 9.69 Å². The second-order valence-corrected chi connectivity index (χ2v) is 6.16. The zero-order valence-corrected chi connectivity index (χ0v) is 12.5. The van der Waals surface area contributed by atoms with E-state index in [0.717, 1.165) is 45.8 Å². The SMILES string of the molecule is CC[C@H]1CN(C(=O)c2cnns2)C[C@@H]1N1CCOCC1. The Morgan fingerprint density at radius 2 is 2.25 bits per heavy atom.